The Morgan fingerprint density at radius 1 is 0.520 bits per heavy atom. The van der Waals surface area contributed by atoms with Crippen LogP contribution in [0.3, 0.4) is 0 Å². The molecule has 25 heavy (non-hydrogen) atoms. The molecule has 0 aromatic carbocycles. The first-order chi connectivity index (χ1) is 10.7. The Morgan fingerprint density at radius 3 is 0.600 bits per heavy atom. The van der Waals surface area contributed by atoms with Gasteiger partial charge in [0.15, 0.2) is 0 Å². The third-order valence-electron chi connectivity index (χ3n) is 3.58. The fourth-order valence-corrected chi connectivity index (χ4v) is 10.7. The van der Waals surface area contributed by atoms with E-state index in [4.69, 9.17) is 15.3 Å². The van der Waals surface area contributed by atoms with Crippen molar-refractivity contribution >= 4 is 15.8 Å². The zero-order chi connectivity index (χ0) is 20.2. The van der Waals surface area contributed by atoms with E-state index < -0.39 is 5.09 Å². The quantitative estimate of drug-likeness (QED) is 0.177. The first kappa shape index (κ1) is 33.3. The van der Waals surface area contributed by atoms with Gasteiger partial charge in [-0.05, 0) is 34.0 Å². The molecule has 1 radical (unpaired) electrons. The first-order valence-electron chi connectivity index (χ1n) is 9.03. The molecular formula is C18H43NO3P2Pd. The van der Waals surface area contributed by atoms with Gasteiger partial charge >= 0.3 is 20.4 Å². The van der Waals surface area contributed by atoms with E-state index in [9.17, 15) is 0 Å². The summed E-state index contributed by atoms with van der Waals surface area (Å²) < 4.78 is 0. The van der Waals surface area contributed by atoms with Crippen molar-refractivity contribution in [3.05, 3.63) is 15.3 Å². The van der Waals surface area contributed by atoms with Gasteiger partial charge in [0.1, 0.15) is 0 Å². The molecule has 0 aromatic heterocycles. The monoisotopic (exact) mass is 489 g/mol. The van der Waals surface area contributed by atoms with E-state index in [1.54, 1.807) is 0 Å². The zero-order valence-electron chi connectivity index (χ0n) is 18.4. The molecule has 0 unspecified atom stereocenters. The summed E-state index contributed by atoms with van der Waals surface area (Å²) in [4.78, 5) is 8.25. The van der Waals surface area contributed by atoms with E-state index in [0.29, 0.717) is 0 Å². The Kier molecular flexibility index (Phi) is 24.1. The summed E-state index contributed by atoms with van der Waals surface area (Å²) in [7, 11) is 0.525. The zero-order valence-corrected chi connectivity index (χ0v) is 21.8. The van der Waals surface area contributed by atoms with E-state index in [1.807, 2.05) is 0 Å². The molecule has 0 bridgehead atoms. The number of hydrogen-bond donors (Lipinski definition) is 0. The van der Waals surface area contributed by atoms with Crippen LogP contribution >= 0.6 is 15.8 Å². The third kappa shape index (κ3) is 20.9. The summed E-state index contributed by atoms with van der Waals surface area (Å²) in [6, 6.07) is 0. The fourth-order valence-electron chi connectivity index (χ4n) is 3.58. The number of hydrogen-bond acceptors (Lipinski definition) is 3. The van der Waals surface area contributed by atoms with Gasteiger partial charge in [0.05, 0.1) is 5.09 Å². The number of rotatable bonds is 6. The molecule has 0 aromatic rings. The second kappa shape index (κ2) is 18.1. The van der Waals surface area contributed by atoms with Crippen LogP contribution in [-0.4, -0.2) is 39.0 Å². The van der Waals surface area contributed by atoms with Crippen LogP contribution in [0.4, 0.5) is 0 Å². The van der Waals surface area contributed by atoms with Crippen molar-refractivity contribution in [2.24, 2.45) is 0 Å². The normalized spacial score (nSPS) is 11.0. The fraction of sp³-hybridized carbons (Fsp3) is 1.00. The Labute approximate surface area is 173 Å². The van der Waals surface area contributed by atoms with Gasteiger partial charge in [0.25, 0.3) is 0 Å². The van der Waals surface area contributed by atoms with Crippen LogP contribution in [-0.2, 0) is 20.4 Å². The molecule has 0 saturated carbocycles. The standard InChI is InChI=1S/2C9H21P.NO3.Pd.H/c2*1-7(2)10(8(3)4)9(5)6;2-1(3)4;;/h2*7-9H,1-6H3;;;/q;;-1;+1;. The first-order valence-corrected chi connectivity index (χ1v) is 12.1. The van der Waals surface area contributed by atoms with E-state index in [0.717, 1.165) is 34.0 Å². The molecule has 0 fully saturated rings. The van der Waals surface area contributed by atoms with Gasteiger partial charge in [-0.2, -0.15) is 0 Å². The van der Waals surface area contributed by atoms with Crippen LogP contribution in [0, 0.1) is 15.3 Å². The van der Waals surface area contributed by atoms with Crippen LogP contribution < -0.4 is 0 Å². The van der Waals surface area contributed by atoms with Gasteiger partial charge < -0.3 is 15.3 Å². The molecule has 158 valence electrons. The van der Waals surface area contributed by atoms with Gasteiger partial charge in [-0.25, -0.2) is 0 Å². The van der Waals surface area contributed by atoms with Crippen molar-refractivity contribution in [2.45, 2.75) is 117 Å². The van der Waals surface area contributed by atoms with Gasteiger partial charge in [0, 0.05) is 0 Å². The van der Waals surface area contributed by atoms with Crippen molar-refractivity contribution in [2.75, 3.05) is 0 Å². The van der Waals surface area contributed by atoms with Crippen LogP contribution in [0.15, 0.2) is 0 Å². The van der Waals surface area contributed by atoms with Crippen molar-refractivity contribution in [3.8, 4) is 0 Å². The van der Waals surface area contributed by atoms with Crippen LogP contribution in [0.25, 0.3) is 0 Å². The maximum atomic E-state index is 8.25. The molecule has 0 N–H and O–H groups in total. The molecule has 0 aliphatic rings. The van der Waals surface area contributed by atoms with Crippen LogP contribution in [0.5, 0.6) is 0 Å². The van der Waals surface area contributed by atoms with E-state index in [1.165, 1.54) is 0 Å². The van der Waals surface area contributed by atoms with Gasteiger partial charge in [-0.1, -0.05) is 98.9 Å². The molecule has 0 amide bonds. The topological polar surface area (TPSA) is 66.2 Å². The molecule has 7 heteroatoms. The molecule has 0 rings (SSSR count). The summed E-state index contributed by atoms with van der Waals surface area (Å²) in [5.74, 6) is 0. The van der Waals surface area contributed by atoms with Gasteiger partial charge in [-0.3, -0.25) is 0 Å². The molecule has 0 atom stereocenters. The van der Waals surface area contributed by atoms with Crippen molar-refractivity contribution < 1.29 is 25.5 Å². The predicted octanol–water partition coefficient (Wildman–Crippen LogP) is 6.88. The van der Waals surface area contributed by atoms with Crippen molar-refractivity contribution in [1.29, 1.82) is 0 Å². The Morgan fingerprint density at radius 2 is 0.600 bits per heavy atom. The van der Waals surface area contributed by atoms with Crippen molar-refractivity contribution in [1.82, 2.24) is 0 Å². The summed E-state index contributed by atoms with van der Waals surface area (Å²) >= 11 is 0. The van der Waals surface area contributed by atoms with E-state index >= 15 is 0 Å². The second-order valence-electron chi connectivity index (χ2n) is 7.68. The molecule has 0 aliphatic carbocycles. The van der Waals surface area contributed by atoms with Crippen molar-refractivity contribution in [3.63, 3.8) is 0 Å². The molecule has 0 heterocycles. The van der Waals surface area contributed by atoms with E-state index in [-0.39, 0.29) is 36.3 Å². The molecule has 4 nitrogen and oxygen atoms in total. The summed E-state index contributed by atoms with van der Waals surface area (Å²) in [5.41, 5.74) is 5.39. The molecule has 0 aliphatic heterocycles. The summed E-state index contributed by atoms with van der Waals surface area (Å²) in [5, 5.41) is 14.8. The minimum absolute atomic E-state index is 0. The average Bonchev–Trinajstić information content (AvgIpc) is 2.23. The summed E-state index contributed by atoms with van der Waals surface area (Å²) in [6.45, 7) is 28.2. The molecule has 0 saturated heterocycles. The molecule has 0 spiro atoms. The average molecular weight is 490 g/mol. The summed E-state index contributed by atoms with van der Waals surface area (Å²) in [6.07, 6.45) is 0. The SMILES string of the molecule is CC(C)P(C(C)C)C(C)C.CC(C)P(C(C)C)C(C)C.O=[N+]([O-])[O-].[PdH+]. The Hall–Kier alpha value is 0.722. The van der Waals surface area contributed by atoms with Crippen LogP contribution in [0.1, 0.15) is 83.1 Å². The number of nitrogens with zero attached hydrogens (tertiary/aromatic N) is 1. The third-order valence-corrected chi connectivity index (χ3v) is 10.7. The van der Waals surface area contributed by atoms with E-state index in [2.05, 4.69) is 83.1 Å². The Balaban J connectivity index is -0.000000141. The Bertz CT molecular complexity index is 247. The predicted molar refractivity (Wildman–Crippen MR) is 116 cm³/mol. The van der Waals surface area contributed by atoms with Gasteiger partial charge in [-0.15, -0.1) is 0 Å². The van der Waals surface area contributed by atoms with Gasteiger partial charge in [0.2, 0.25) is 0 Å². The molecular weight excluding hydrogens is 447 g/mol. The second-order valence-corrected chi connectivity index (χ2v) is 15.7. The van der Waals surface area contributed by atoms with Crippen LogP contribution in [0.2, 0.25) is 0 Å². The maximum absolute atomic E-state index is 8.25. The minimum atomic E-state index is -1.75.